The third kappa shape index (κ3) is 2.13. The van der Waals surface area contributed by atoms with E-state index in [1.807, 2.05) is 0 Å². The van der Waals surface area contributed by atoms with Gasteiger partial charge in [-0.1, -0.05) is 31.5 Å². The second-order valence-electron chi connectivity index (χ2n) is 7.42. The molecule has 1 aromatic carbocycles. The molecule has 1 amide bonds. The van der Waals surface area contributed by atoms with Crippen molar-refractivity contribution >= 4 is 16.8 Å². The Morgan fingerprint density at radius 3 is 3.00 bits per heavy atom. The van der Waals surface area contributed by atoms with Gasteiger partial charge in [-0.3, -0.25) is 4.79 Å². The largest absolute Gasteiger partial charge is 0.356 e. The van der Waals surface area contributed by atoms with Gasteiger partial charge in [0.25, 0.3) is 0 Å². The lowest BCUT2D eigenvalue weighted by Gasteiger charge is -2.46. The summed E-state index contributed by atoms with van der Waals surface area (Å²) in [6, 6.07) is 8.57. The fraction of sp³-hybridized carbons (Fsp3) is 0.550. The lowest BCUT2D eigenvalue weighted by atomic mass is 9.78. The Morgan fingerprint density at radius 2 is 2.17 bits per heavy atom. The number of carbonyl (C=O) groups is 1. The summed E-state index contributed by atoms with van der Waals surface area (Å²) in [5.74, 6) is 0.617. The Labute approximate surface area is 138 Å². The maximum atomic E-state index is 13.0. The lowest BCUT2D eigenvalue weighted by molar-refractivity contribution is -0.148. The van der Waals surface area contributed by atoms with Gasteiger partial charge in [0.15, 0.2) is 0 Å². The van der Waals surface area contributed by atoms with Crippen LogP contribution in [-0.4, -0.2) is 22.3 Å². The van der Waals surface area contributed by atoms with Crippen LogP contribution in [0.15, 0.2) is 24.3 Å². The third-order valence-corrected chi connectivity index (χ3v) is 5.99. The summed E-state index contributed by atoms with van der Waals surface area (Å²) < 4.78 is 0. The van der Waals surface area contributed by atoms with Crippen molar-refractivity contribution in [3.63, 3.8) is 0 Å². The van der Waals surface area contributed by atoms with Gasteiger partial charge in [0.05, 0.1) is 5.54 Å². The van der Waals surface area contributed by atoms with E-state index in [1.165, 1.54) is 22.2 Å². The van der Waals surface area contributed by atoms with Gasteiger partial charge in [-0.05, 0) is 50.7 Å². The van der Waals surface area contributed by atoms with Crippen LogP contribution in [0.3, 0.4) is 0 Å². The SMILES string of the molecule is CCC[C@@H]1CC[C@@]2(C)c3[nH]c4ccccc4c3CCCN2C1=O. The number of nitrogens with zero attached hydrogens (tertiary/aromatic N) is 1. The van der Waals surface area contributed by atoms with Crippen molar-refractivity contribution in [3.8, 4) is 0 Å². The number of H-pyrrole nitrogens is 1. The van der Waals surface area contributed by atoms with Crippen LogP contribution < -0.4 is 0 Å². The van der Waals surface area contributed by atoms with Gasteiger partial charge in [-0.15, -0.1) is 0 Å². The first-order valence-corrected chi connectivity index (χ1v) is 9.06. The van der Waals surface area contributed by atoms with Gasteiger partial charge in [-0.2, -0.15) is 0 Å². The van der Waals surface area contributed by atoms with Crippen LogP contribution in [-0.2, 0) is 16.8 Å². The molecule has 1 N–H and O–H groups in total. The van der Waals surface area contributed by atoms with E-state index in [2.05, 4.69) is 48.0 Å². The second kappa shape index (κ2) is 5.40. The average Bonchev–Trinajstić information content (AvgIpc) is 2.86. The quantitative estimate of drug-likeness (QED) is 0.878. The van der Waals surface area contributed by atoms with Crippen LogP contribution in [0, 0.1) is 5.92 Å². The van der Waals surface area contributed by atoms with E-state index in [-0.39, 0.29) is 11.5 Å². The highest BCUT2D eigenvalue weighted by Crippen LogP contribution is 2.45. The zero-order valence-electron chi connectivity index (χ0n) is 14.2. The van der Waals surface area contributed by atoms with Crippen molar-refractivity contribution in [2.75, 3.05) is 6.54 Å². The number of aromatic nitrogens is 1. The molecule has 3 heteroatoms. The summed E-state index contributed by atoms with van der Waals surface area (Å²) in [5, 5.41) is 1.34. The van der Waals surface area contributed by atoms with Crippen LogP contribution in [0.2, 0.25) is 0 Å². The number of para-hydroxylation sites is 1. The smallest absolute Gasteiger partial charge is 0.226 e. The van der Waals surface area contributed by atoms with Crippen LogP contribution >= 0.6 is 0 Å². The lowest BCUT2D eigenvalue weighted by Crippen LogP contribution is -2.53. The monoisotopic (exact) mass is 310 g/mol. The maximum absolute atomic E-state index is 13.0. The molecule has 0 radical (unpaired) electrons. The third-order valence-electron chi connectivity index (χ3n) is 5.99. The normalized spacial score (nSPS) is 27.7. The Morgan fingerprint density at radius 1 is 1.35 bits per heavy atom. The molecular formula is C20H26N2O. The van der Waals surface area contributed by atoms with E-state index in [0.29, 0.717) is 5.91 Å². The number of benzene rings is 1. The number of rotatable bonds is 2. The van der Waals surface area contributed by atoms with Crippen molar-refractivity contribution in [2.45, 2.75) is 57.9 Å². The molecule has 1 saturated heterocycles. The number of amides is 1. The Kier molecular flexibility index (Phi) is 3.47. The van der Waals surface area contributed by atoms with Gasteiger partial charge in [0.1, 0.15) is 0 Å². The molecule has 2 aromatic rings. The Bertz CT molecular complexity index is 747. The molecule has 0 spiro atoms. The minimum atomic E-state index is -0.161. The molecule has 0 aliphatic carbocycles. The number of aromatic amines is 1. The highest BCUT2D eigenvalue weighted by Gasteiger charge is 2.46. The number of carbonyl (C=O) groups excluding carboxylic acids is 1. The molecule has 2 aliphatic heterocycles. The molecular weight excluding hydrogens is 284 g/mol. The van der Waals surface area contributed by atoms with Gasteiger partial charge < -0.3 is 9.88 Å². The first-order valence-electron chi connectivity index (χ1n) is 9.06. The van der Waals surface area contributed by atoms with E-state index in [0.717, 1.165) is 45.1 Å². The highest BCUT2D eigenvalue weighted by atomic mass is 16.2. The highest BCUT2D eigenvalue weighted by molar-refractivity contribution is 5.86. The summed E-state index contributed by atoms with van der Waals surface area (Å²) in [7, 11) is 0. The number of aryl methyl sites for hydroxylation is 1. The topological polar surface area (TPSA) is 36.1 Å². The fourth-order valence-electron chi connectivity index (χ4n) is 4.74. The summed E-state index contributed by atoms with van der Waals surface area (Å²) >= 11 is 0. The standard InChI is InChI=1S/C20H26N2O/c1-3-7-14-11-12-20(2)18-16(9-6-13-22(20)19(14)23)15-8-4-5-10-17(15)21-18/h4-5,8,10,14,21H,3,6-7,9,11-13H2,1-2H3/t14-,20+/m1/s1. The van der Waals surface area contributed by atoms with Crippen LogP contribution in [0.25, 0.3) is 10.9 Å². The van der Waals surface area contributed by atoms with E-state index < -0.39 is 0 Å². The molecule has 0 bridgehead atoms. The molecule has 0 unspecified atom stereocenters. The first kappa shape index (κ1) is 14.8. The van der Waals surface area contributed by atoms with Crippen molar-refractivity contribution in [1.82, 2.24) is 9.88 Å². The Balaban J connectivity index is 1.82. The van der Waals surface area contributed by atoms with Crippen LogP contribution in [0.5, 0.6) is 0 Å². The van der Waals surface area contributed by atoms with Gasteiger partial charge in [0, 0.05) is 29.1 Å². The predicted octanol–water partition coefficient (Wildman–Crippen LogP) is 4.37. The summed E-state index contributed by atoms with van der Waals surface area (Å²) in [6.45, 7) is 5.35. The van der Waals surface area contributed by atoms with Crippen molar-refractivity contribution in [3.05, 3.63) is 35.5 Å². The van der Waals surface area contributed by atoms with Crippen molar-refractivity contribution < 1.29 is 4.79 Å². The molecule has 1 aromatic heterocycles. The minimum Gasteiger partial charge on any atom is -0.356 e. The zero-order valence-corrected chi connectivity index (χ0v) is 14.2. The number of piperidine rings is 1. The van der Waals surface area contributed by atoms with Gasteiger partial charge >= 0.3 is 0 Å². The number of hydrogen-bond donors (Lipinski definition) is 1. The summed E-state index contributed by atoms with van der Waals surface area (Å²) in [4.78, 5) is 18.9. The first-order chi connectivity index (χ1) is 11.1. The van der Waals surface area contributed by atoms with Crippen molar-refractivity contribution in [1.29, 1.82) is 0 Å². The summed E-state index contributed by atoms with van der Waals surface area (Å²) in [6.07, 6.45) is 6.35. The molecule has 3 heterocycles. The van der Waals surface area contributed by atoms with E-state index in [1.54, 1.807) is 0 Å². The van der Waals surface area contributed by atoms with Gasteiger partial charge in [0.2, 0.25) is 5.91 Å². The number of nitrogens with one attached hydrogen (secondary N) is 1. The minimum absolute atomic E-state index is 0.161. The fourth-order valence-corrected chi connectivity index (χ4v) is 4.74. The molecule has 23 heavy (non-hydrogen) atoms. The Hall–Kier alpha value is -1.77. The maximum Gasteiger partial charge on any atom is 0.226 e. The average molecular weight is 310 g/mol. The molecule has 3 nitrogen and oxygen atoms in total. The number of hydrogen-bond acceptors (Lipinski definition) is 1. The van der Waals surface area contributed by atoms with Gasteiger partial charge in [-0.25, -0.2) is 0 Å². The summed E-state index contributed by atoms with van der Waals surface area (Å²) in [5.41, 5.74) is 3.78. The van der Waals surface area contributed by atoms with Crippen LogP contribution in [0.1, 0.15) is 57.2 Å². The molecule has 2 aliphatic rings. The van der Waals surface area contributed by atoms with E-state index >= 15 is 0 Å². The molecule has 1 fully saturated rings. The molecule has 122 valence electrons. The van der Waals surface area contributed by atoms with E-state index in [4.69, 9.17) is 0 Å². The number of fused-ring (bicyclic) bond motifs is 5. The molecule has 0 saturated carbocycles. The van der Waals surface area contributed by atoms with Crippen molar-refractivity contribution in [2.24, 2.45) is 5.92 Å². The van der Waals surface area contributed by atoms with E-state index in [9.17, 15) is 4.79 Å². The molecule has 4 rings (SSSR count). The van der Waals surface area contributed by atoms with Crippen LogP contribution in [0.4, 0.5) is 0 Å². The molecule has 2 atom stereocenters. The predicted molar refractivity (Wildman–Crippen MR) is 93.3 cm³/mol. The second-order valence-corrected chi connectivity index (χ2v) is 7.42. The zero-order chi connectivity index (χ0) is 16.0.